The minimum absolute atomic E-state index is 0.0156. The molecule has 1 rings (SSSR count). The van der Waals surface area contributed by atoms with E-state index in [0.29, 0.717) is 13.0 Å². The summed E-state index contributed by atoms with van der Waals surface area (Å²) in [6.07, 6.45) is 4.49. The van der Waals surface area contributed by atoms with Crippen LogP contribution in [0.1, 0.15) is 38.5 Å². The van der Waals surface area contributed by atoms with E-state index in [4.69, 9.17) is 4.74 Å². The Morgan fingerprint density at radius 3 is 2.58 bits per heavy atom. The van der Waals surface area contributed by atoms with Gasteiger partial charge in [-0.15, -0.1) is 0 Å². The van der Waals surface area contributed by atoms with Gasteiger partial charge in [-0.1, -0.05) is 12.8 Å². The van der Waals surface area contributed by atoms with Gasteiger partial charge in [-0.2, -0.15) is 0 Å². The normalized spacial score (nSPS) is 21.7. The summed E-state index contributed by atoms with van der Waals surface area (Å²) < 4.78 is 4.83. The van der Waals surface area contributed by atoms with Gasteiger partial charge in [0.25, 0.3) is 0 Å². The molecule has 3 nitrogen and oxygen atoms in total. The van der Waals surface area contributed by atoms with Crippen molar-refractivity contribution in [1.29, 1.82) is 0 Å². The summed E-state index contributed by atoms with van der Waals surface area (Å²) in [5, 5.41) is 0. The smallest absolute Gasteiger partial charge is 0.313 e. The average Bonchev–Trinajstić information content (AvgIpc) is 2.02. The van der Waals surface area contributed by atoms with Crippen molar-refractivity contribution in [2.24, 2.45) is 0 Å². The predicted molar refractivity (Wildman–Crippen MR) is 43.7 cm³/mol. The van der Waals surface area contributed by atoms with E-state index in [2.05, 4.69) is 0 Å². The number of rotatable bonds is 0. The quantitative estimate of drug-likeness (QED) is 0.408. The number of Topliss-reactive ketones (excluding diaryl/α,β-unsaturated/α-hetero) is 1. The molecule has 0 aromatic rings. The molecule has 0 aromatic carbocycles. The van der Waals surface area contributed by atoms with Crippen LogP contribution < -0.4 is 0 Å². The molecule has 0 aliphatic carbocycles. The Kier molecular flexibility index (Phi) is 3.77. The lowest BCUT2D eigenvalue weighted by molar-refractivity contribution is -0.146. The molecule has 0 bridgehead atoms. The minimum atomic E-state index is -0.359. The fourth-order valence-electron chi connectivity index (χ4n) is 1.26. The fourth-order valence-corrected chi connectivity index (χ4v) is 1.26. The summed E-state index contributed by atoms with van der Waals surface area (Å²) in [4.78, 5) is 21.9. The highest BCUT2D eigenvalue weighted by molar-refractivity contribution is 5.95. The van der Waals surface area contributed by atoms with E-state index < -0.39 is 0 Å². The van der Waals surface area contributed by atoms with Crippen LogP contribution in [-0.4, -0.2) is 18.4 Å². The lowest BCUT2D eigenvalue weighted by Crippen LogP contribution is -2.13. The van der Waals surface area contributed by atoms with Crippen molar-refractivity contribution in [2.45, 2.75) is 38.5 Å². The van der Waals surface area contributed by atoms with E-state index in [1.807, 2.05) is 0 Å². The first kappa shape index (κ1) is 9.23. The van der Waals surface area contributed by atoms with Gasteiger partial charge in [0.05, 0.1) is 6.61 Å². The Labute approximate surface area is 72.1 Å². The third kappa shape index (κ3) is 3.51. The van der Waals surface area contributed by atoms with E-state index in [-0.39, 0.29) is 18.2 Å². The van der Waals surface area contributed by atoms with Crippen LogP contribution in [0, 0.1) is 0 Å². The molecule has 1 saturated heterocycles. The molecule has 1 heterocycles. The van der Waals surface area contributed by atoms with Gasteiger partial charge in [-0.3, -0.25) is 9.59 Å². The highest BCUT2D eigenvalue weighted by Gasteiger charge is 2.11. The second-order valence-electron chi connectivity index (χ2n) is 3.10. The van der Waals surface area contributed by atoms with E-state index in [0.717, 1.165) is 25.7 Å². The molecule has 1 aliphatic heterocycles. The number of cyclic esters (lactones) is 1. The number of carbonyl (C=O) groups excluding carboxylic acids is 2. The molecule has 1 fully saturated rings. The number of esters is 1. The van der Waals surface area contributed by atoms with Crippen molar-refractivity contribution in [3.05, 3.63) is 0 Å². The standard InChI is InChI=1S/C9H14O3/c10-8-5-3-1-2-4-6-12-9(11)7-8/h1-7H2. The van der Waals surface area contributed by atoms with E-state index >= 15 is 0 Å². The monoisotopic (exact) mass is 170 g/mol. The lowest BCUT2D eigenvalue weighted by atomic mass is 10.1. The first-order chi connectivity index (χ1) is 5.79. The van der Waals surface area contributed by atoms with E-state index in [9.17, 15) is 9.59 Å². The molecule has 0 aromatic heterocycles. The molecule has 0 amide bonds. The summed E-state index contributed by atoms with van der Waals surface area (Å²) in [5.74, 6) is -0.344. The molecule has 68 valence electrons. The number of hydrogen-bond donors (Lipinski definition) is 0. The zero-order valence-corrected chi connectivity index (χ0v) is 7.17. The van der Waals surface area contributed by atoms with Crippen molar-refractivity contribution in [2.75, 3.05) is 6.61 Å². The van der Waals surface area contributed by atoms with Crippen molar-refractivity contribution in [3.63, 3.8) is 0 Å². The van der Waals surface area contributed by atoms with E-state index in [1.165, 1.54) is 0 Å². The molecular formula is C9H14O3. The summed E-state index contributed by atoms with van der Waals surface area (Å²) in [6.45, 7) is 0.478. The van der Waals surface area contributed by atoms with Crippen molar-refractivity contribution in [1.82, 2.24) is 0 Å². The van der Waals surface area contributed by atoms with Gasteiger partial charge in [-0.25, -0.2) is 0 Å². The first-order valence-corrected chi connectivity index (χ1v) is 4.46. The molecule has 0 unspecified atom stereocenters. The Balaban J connectivity index is 2.34. The maximum absolute atomic E-state index is 11.0. The van der Waals surface area contributed by atoms with Gasteiger partial charge in [0.1, 0.15) is 12.2 Å². The zero-order chi connectivity index (χ0) is 8.81. The van der Waals surface area contributed by atoms with Gasteiger partial charge in [0, 0.05) is 6.42 Å². The molecule has 3 heteroatoms. The molecular weight excluding hydrogens is 156 g/mol. The van der Waals surface area contributed by atoms with Crippen LogP contribution >= 0.6 is 0 Å². The largest absolute Gasteiger partial charge is 0.465 e. The Bertz CT molecular complexity index is 157. The zero-order valence-electron chi connectivity index (χ0n) is 7.17. The first-order valence-electron chi connectivity index (χ1n) is 4.46. The lowest BCUT2D eigenvalue weighted by Gasteiger charge is -2.07. The molecule has 0 N–H and O–H groups in total. The number of carbonyl (C=O) groups is 2. The minimum Gasteiger partial charge on any atom is -0.465 e. The number of ether oxygens (including phenoxy) is 1. The Hall–Kier alpha value is -0.860. The summed E-state index contributed by atoms with van der Waals surface area (Å²) in [7, 11) is 0. The third-order valence-electron chi connectivity index (χ3n) is 1.95. The van der Waals surface area contributed by atoms with Gasteiger partial charge in [0.15, 0.2) is 0 Å². The van der Waals surface area contributed by atoms with Crippen LogP contribution in [0.15, 0.2) is 0 Å². The Morgan fingerprint density at radius 2 is 1.75 bits per heavy atom. The molecule has 0 atom stereocenters. The number of ketones is 1. The van der Waals surface area contributed by atoms with Crippen molar-refractivity contribution < 1.29 is 14.3 Å². The maximum atomic E-state index is 11.0. The van der Waals surface area contributed by atoms with Crippen LogP contribution in [0.4, 0.5) is 0 Å². The van der Waals surface area contributed by atoms with Crippen LogP contribution in [0.25, 0.3) is 0 Å². The maximum Gasteiger partial charge on any atom is 0.313 e. The van der Waals surface area contributed by atoms with Crippen molar-refractivity contribution >= 4 is 11.8 Å². The van der Waals surface area contributed by atoms with Crippen LogP contribution in [0.2, 0.25) is 0 Å². The fraction of sp³-hybridized carbons (Fsp3) is 0.778. The topological polar surface area (TPSA) is 43.4 Å². The average molecular weight is 170 g/mol. The summed E-state index contributed by atoms with van der Waals surface area (Å²) >= 11 is 0. The van der Waals surface area contributed by atoms with Gasteiger partial charge < -0.3 is 4.74 Å². The molecule has 0 saturated carbocycles. The molecule has 1 aliphatic rings. The Morgan fingerprint density at radius 1 is 1.00 bits per heavy atom. The van der Waals surface area contributed by atoms with Gasteiger partial charge >= 0.3 is 5.97 Å². The number of hydrogen-bond acceptors (Lipinski definition) is 3. The second kappa shape index (κ2) is 4.91. The van der Waals surface area contributed by atoms with Crippen LogP contribution in [-0.2, 0) is 14.3 Å². The summed E-state index contributed by atoms with van der Waals surface area (Å²) in [6, 6.07) is 0. The van der Waals surface area contributed by atoms with E-state index in [1.54, 1.807) is 0 Å². The predicted octanol–water partition coefficient (Wildman–Crippen LogP) is 1.45. The van der Waals surface area contributed by atoms with Crippen molar-refractivity contribution in [3.8, 4) is 0 Å². The highest BCUT2D eigenvalue weighted by atomic mass is 16.5. The SMILES string of the molecule is O=C1CCCCCCOC(=O)C1. The van der Waals surface area contributed by atoms with Gasteiger partial charge in [-0.05, 0) is 12.8 Å². The van der Waals surface area contributed by atoms with Gasteiger partial charge in [0.2, 0.25) is 0 Å². The second-order valence-corrected chi connectivity index (χ2v) is 3.10. The van der Waals surface area contributed by atoms with Crippen LogP contribution in [0.3, 0.4) is 0 Å². The summed E-state index contributed by atoms with van der Waals surface area (Å²) in [5.41, 5.74) is 0. The highest BCUT2D eigenvalue weighted by Crippen LogP contribution is 2.08. The molecule has 0 radical (unpaired) electrons. The third-order valence-corrected chi connectivity index (χ3v) is 1.95. The van der Waals surface area contributed by atoms with Crippen LogP contribution in [0.5, 0.6) is 0 Å². The molecule has 0 spiro atoms. The molecule has 12 heavy (non-hydrogen) atoms.